The van der Waals surface area contributed by atoms with Gasteiger partial charge in [0, 0.05) is 35.4 Å². The van der Waals surface area contributed by atoms with Crippen LogP contribution in [0, 0.1) is 10.5 Å². The van der Waals surface area contributed by atoms with Crippen LogP contribution in [0.5, 0.6) is 0 Å². The minimum Gasteiger partial charge on any atom is -0.379 e. The molecule has 0 bridgehead atoms. The second-order valence-electron chi connectivity index (χ2n) is 4.80. The van der Waals surface area contributed by atoms with E-state index in [0.717, 1.165) is 45.1 Å². The lowest BCUT2D eigenvalue weighted by Crippen LogP contribution is -2.42. The molecule has 0 spiro atoms. The average Bonchev–Trinajstić information content (AvgIpc) is 2.44. The van der Waals surface area contributed by atoms with E-state index < -0.39 is 0 Å². The van der Waals surface area contributed by atoms with Gasteiger partial charge in [-0.2, -0.15) is 0 Å². The molecule has 2 N–H and O–H groups in total. The number of morpholine rings is 1. The maximum absolute atomic E-state index is 5.33. The van der Waals surface area contributed by atoms with Crippen LogP contribution in [0.3, 0.4) is 0 Å². The summed E-state index contributed by atoms with van der Waals surface area (Å²) < 4.78 is 6.57. The Morgan fingerprint density at radius 1 is 1.40 bits per heavy atom. The number of hydrogen-bond acceptors (Lipinski definition) is 3. The number of hydrogen-bond donors (Lipinski definition) is 2. The van der Waals surface area contributed by atoms with E-state index in [1.54, 1.807) is 0 Å². The van der Waals surface area contributed by atoms with Gasteiger partial charge in [0.15, 0.2) is 5.11 Å². The largest absolute Gasteiger partial charge is 0.379 e. The molecule has 6 heteroatoms. The molecule has 1 aromatic carbocycles. The predicted octanol–water partition coefficient (Wildman–Crippen LogP) is 2.22. The lowest BCUT2D eigenvalue weighted by molar-refractivity contribution is 0.0389. The van der Waals surface area contributed by atoms with E-state index in [1.807, 2.05) is 6.07 Å². The van der Waals surface area contributed by atoms with Crippen molar-refractivity contribution < 1.29 is 4.74 Å². The Labute approximate surface area is 139 Å². The molecule has 0 radical (unpaired) electrons. The zero-order chi connectivity index (χ0) is 14.4. The van der Waals surface area contributed by atoms with Gasteiger partial charge in [-0.05, 0) is 59.4 Å². The first-order chi connectivity index (χ1) is 9.65. The van der Waals surface area contributed by atoms with Gasteiger partial charge in [0.1, 0.15) is 0 Å². The molecule has 0 amide bonds. The van der Waals surface area contributed by atoms with Crippen molar-refractivity contribution in [3.63, 3.8) is 0 Å². The third-order valence-corrected chi connectivity index (χ3v) is 4.66. The number of nitrogens with one attached hydrogen (secondary N) is 2. The van der Waals surface area contributed by atoms with Crippen LogP contribution in [0.15, 0.2) is 18.2 Å². The first-order valence-corrected chi connectivity index (χ1v) is 8.25. The van der Waals surface area contributed by atoms with Crippen molar-refractivity contribution >= 4 is 45.6 Å². The summed E-state index contributed by atoms with van der Waals surface area (Å²) in [6.07, 6.45) is 0. The van der Waals surface area contributed by atoms with Crippen molar-refractivity contribution in [1.29, 1.82) is 0 Å². The highest BCUT2D eigenvalue weighted by Gasteiger charge is 2.09. The fourth-order valence-electron chi connectivity index (χ4n) is 2.00. The highest BCUT2D eigenvalue weighted by atomic mass is 127. The van der Waals surface area contributed by atoms with Crippen LogP contribution in [0.25, 0.3) is 0 Å². The van der Waals surface area contributed by atoms with Gasteiger partial charge >= 0.3 is 0 Å². The zero-order valence-electron chi connectivity index (χ0n) is 11.6. The number of nitrogens with zero attached hydrogens (tertiary/aromatic N) is 1. The van der Waals surface area contributed by atoms with Crippen LogP contribution in [0.4, 0.5) is 5.69 Å². The maximum Gasteiger partial charge on any atom is 0.170 e. The third kappa shape index (κ3) is 5.16. The molecule has 110 valence electrons. The third-order valence-electron chi connectivity index (χ3n) is 3.25. The Morgan fingerprint density at radius 3 is 2.85 bits per heavy atom. The Hall–Kier alpha value is -0.440. The molecule has 20 heavy (non-hydrogen) atoms. The van der Waals surface area contributed by atoms with Gasteiger partial charge in [-0.25, -0.2) is 0 Å². The van der Waals surface area contributed by atoms with Crippen molar-refractivity contribution in [2.75, 3.05) is 44.7 Å². The molecule has 0 atom stereocenters. The number of thiocarbonyl (C=S) groups is 1. The second kappa shape index (κ2) is 8.11. The Balaban J connectivity index is 1.70. The maximum atomic E-state index is 5.33. The Morgan fingerprint density at radius 2 is 2.15 bits per heavy atom. The van der Waals surface area contributed by atoms with Crippen LogP contribution in [-0.2, 0) is 4.74 Å². The van der Waals surface area contributed by atoms with Crippen molar-refractivity contribution in [2.24, 2.45) is 0 Å². The van der Waals surface area contributed by atoms with Gasteiger partial charge in [-0.15, -0.1) is 0 Å². The van der Waals surface area contributed by atoms with E-state index in [1.165, 1.54) is 9.13 Å². The first kappa shape index (κ1) is 15.9. The smallest absolute Gasteiger partial charge is 0.170 e. The molecule has 0 saturated carbocycles. The van der Waals surface area contributed by atoms with Crippen molar-refractivity contribution in [3.8, 4) is 0 Å². The standard InChI is InChI=1S/C14H20IN3OS/c1-11-2-3-12(10-13(11)15)17-14(20)16-4-5-18-6-8-19-9-7-18/h2-3,10H,4-9H2,1H3,(H2,16,17,20). The van der Waals surface area contributed by atoms with E-state index in [2.05, 4.69) is 57.2 Å². The summed E-state index contributed by atoms with van der Waals surface area (Å²) >= 11 is 7.64. The highest BCUT2D eigenvalue weighted by molar-refractivity contribution is 14.1. The van der Waals surface area contributed by atoms with Gasteiger partial charge in [0.05, 0.1) is 13.2 Å². The number of aryl methyl sites for hydroxylation is 1. The molecule has 1 fully saturated rings. The van der Waals surface area contributed by atoms with Crippen LogP contribution >= 0.6 is 34.8 Å². The molecule has 0 aliphatic carbocycles. The lowest BCUT2D eigenvalue weighted by atomic mass is 10.2. The fourth-order valence-corrected chi connectivity index (χ4v) is 2.73. The molecule has 1 saturated heterocycles. The Bertz CT molecular complexity index is 464. The number of ether oxygens (including phenoxy) is 1. The molecule has 2 rings (SSSR count). The summed E-state index contributed by atoms with van der Waals surface area (Å²) in [6, 6.07) is 6.25. The summed E-state index contributed by atoms with van der Waals surface area (Å²) in [5, 5.41) is 7.15. The lowest BCUT2D eigenvalue weighted by Gasteiger charge is -2.26. The topological polar surface area (TPSA) is 36.5 Å². The van der Waals surface area contributed by atoms with Crippen LogP contribution < -0.4 is 10.6 Å². The summed E-state index contributed by atoms with van der Waals surface area (Å²) in [7, 11) is 0. The Kier molecular flexibility index (Phi) is 6.47. The summed E-state index contributed by atoms with van der Waals surface area (Å²) in [5.74, 6) is 0. The van der Waals surface area contributed by atoms with Crippen molar-refractivity contribution in [2.45, 2.75) is 6.92 Å². The highest BCUT2D eigenvalue weighted by Crippen LogP contribution is 2.16. The van der Waals surface area contributed by atoms with Crippen LogP contribution in [0.2, 0.25) is 0 Å². The van der Waals surface area contributed by atoms with E-state index in [-0.39, 0.29) is 0 Å². The monoisotopic (exact) mass is 405 g/mol. The number of benzene rings is 1. The van der Waals surface area contributed by atoms with E-state index in [0.29, 0.717) is 5.11 Å². The van der Waals surface area contributed by atoms with Crippen molar-refractivity contribution in [3.05, 3.63) is 27.3 Å². The molecule has 4 nitrogen and oxygen atoms in total. The number of rotatable bonds is 4. The van der Waals surface area contributed by atoms with E-state index >= 15 is 0 Å². The van der Waals surface area contributed by atoms with Gasteiger partial charge in [0.25, 0.3) is 0 Å². The second-order valence-corrected chi connectivity index (χ2v) is 6.37. The quantitative estimate of drug-likeness (QED) is 0.594. The average molecular weight is 405 g/mol. The minimum absolute atomic E-state index is 0.679. The molecule has 1 aliphatic heterocycles. The summed E-state index contributed by atoms with van der Waals surface area (Å²) in [6.45, 7) is 7.65. The number of anilines is 1. The molecule has 1 heterocycles. The predicted molar refractivity (Wildman–Crippen MR) is 95.4 cm³/mol. The normalized spacial score (nSPS) is 15.9. The van der Waals surface area contributed by atoms with Gasteiger partial charge in [-0.3, -0.25) is 4.90 Å². The van der Waals surface area contributed by atoms with Gasteiger partial charge in [0.2, 0.25) is 0 Å². The molecular weight excluding hydrogens is 385 g/mol. The van der Waals surface area contributed by atoms with Crippen LogP contribution in [-0.4, -0.2) is 49.4 Å². The molecular formula is C14H20IN3OS. The summed E-state index contributed by atoms with van der Waals surface area (Å²) in [4.78, 5) is 2.38. The van der Waals surface area contributed by atoms with Crippen molar-refractivity contribution in [1.82, 2.24) is 10.2 Å². The molecule has 1 aliphatic rings. The first-order valence-electron chi connectivity index (χ1n) is 6.76. The van der Waals surface area contributed by atoms with Gasteiger partial charge in [-0.1, -0.05) is 6.07 Å². The van der Waals surface area contributed by atoms with Crippen LogP contribution in [0.1, 0.15) is 5.56 Å². The zero-order valence-corrected chi connectivity index (χ0v) is 14.6. The SMILES string of the molecule is Cc1ccc(NC(=S)NCCN2CCOCC2)cc1I. The fraction of sp³-hybridized carbons (Fsp3) is 0.500. The minimum atomic E-state index is 0.679. The summed E-state index contributed by atoms with van der Waals surface area (Å²) in [5.41, 5.74) is 2.31. The number of halogens is 1. The van der Waals surface area contributed by atoms with E-state index in [4.69, 9.17) is 17.0 Å². The van der Waals surface area contributed by atoms with E-state index in [9.17, 15) is 0 Å². The molecule has 0 unspecified atom stereocenters. The molecule has 1 aromatic rings. The molecule has 0 aromatic heterocycles. The van der Waals surface area contributed by atoms with Gasteiger partial charge < -0.3 is 15.4 Å².